The summed E-state index contributed by atoms with van der Waals surface area (Å²) in [5.41, 5.74) is 2.87. The zero-order valence-corrected chi connectivity index (χ0v) is 19.5. The Kier molecular flexibility index (Phi) is 5.15. The Morgan fingerprint density at radius 1 is 0.938 bits per heavy atom. The van der Waals surface area contributed by atoms with Gasteiger partial charge in [0.05, 0.1) is 10.7 Å². The smallest absolute Gasteiger partial charge is 0.232 e. The molecule has 1 aliphatic carbocycles. The molecule has 1 atom stereocenters. The summed E-state index contributed by atoms with van der Waals surface area (Å²) in [7, 11) is 0. The first-order valence-corrected chi connectivity index (χ1v) is 11.5. The van der Waals surface area contributed by atoms with Crippen LogP contribution in [0.2, 0.25) is 10.0 Å². The van der Waals surface area contributed by atoms with Crippen molar-refractivity contribution in [3.05, 3.63) is 87.5 Å². The highest BCUT2D eigenvalue weighted by atomic mass is 35.5. The number of benzene rings is 3. The van der Waals surface area contributed by atoms with Crippen LogP contribution in [0, 0.1) is 5.41 Å². The molecule has 0 spiro atoms. The third-order valence-electron chi connectivity index (χ3n) is 6.49. The summed E-state index contributed by atoms with van der Waals surface area (Å²) >= 11 is 12.6. The Labute approximate surface area is 197 Å². The number of allylic oxidation sites excluding steroid dienone is 2. The summed E-state index contributed by atoms with van der Waals surface area (Å²) < 4.78 is 0. The summed E-state index contributed by atoms with van der Waals surface area (Å²) in [6.45, 7) is 4.14. The number of carbonyl (C=O) groups is 2. The molecule has 1 amide bonds. The Hall–Kier alpha value is -2.62. The molecule has 0 aromatic heterocycles. The molecule has 5 heteroatoms. The van der Waals surface area contributed by atoms with Gasteiger partial charge in [0.25, 0.3) is 0 Å². The average Bonchev–Trinajstić information content (AvgIpc) is 2.73. The Bertz CT molecular complexity index is 1300. The first-order valence-electron chi connectivity index (χ1n) is 10.8. The van der Waals surface area contributed by atoms with Crippen LogP contribution in [0.25, 0.3) is 10.8 Å². The summed E-state index contributed by atoms with van der Waals surface area (Å²) in [5.74, 6) is -0.220. The molecule has 0 radical (unpaired) electrons. The van der Waals surface area contributed by atoms with Crippen LogP contribution in [0.4, 0.5) is 5.69 Å². The second kappa shape index (κ2) is 7.75. The van der Waals surface area contributed by atoms with E-state index in [1.54, 1.807) is 23.1 Å². The molecule has 1 aliphatic heterocycles. The Morgan fingerprint density at radius 3 is 2.47 bits per heavy atom. The van der Waals surface area contributed by atoms with Gasteiger partial charge in [-0.1, -0.05) is 79.5 Å². The summed E-state index contributed by atoms with van der Waals surface area (Å²) in [6, 6.07) is 19.4. The zero-order valence-electron chi connectivity index (χ0n) is 18.0. The summed E-state index contributed by atoms with van der Waals surface area (Å²) in [6.07, 6.45) is 1.31. The van der Waals surface area contributed by atoms with Gasteiger partial charge in [0, 0.05) is 35.1 Å². The molecule has 0 bridgehead atoms. The van der Waals surface area contributed by atoms with Crippen molar-refractivity contribution >= 4 is 51.4 Å². The molecule has 0 saturated carbocycles. The fourth-order valence-electron chi connectivity index (χ4n) is 5.18. The van der Waals surface area contributed by atoms with E-state index >= 15 is 0 Å². The van der Waals surface area contributed by atoms with Crippen molar-refractivity contribution in [1.82, 2.24) is 0 Å². The molecule has 0 N–H and O–H groups in total. The average molecular weight is 464 g/mol. The quantitative estimate of drug-likeness (QED) is 0.399. The topological polar surface area (TPSA) is 37.4 Å². The van der Waals surface area contributed by atoms with E-state index in [1.165, 1.54) is 0 Å². The van der Waals surface area contributed by atoms with Crippen molar-refractivity contribution in [2.75, 3.05) is 4.90 Å². The van der Waals surface area contributed by atoms with Crippen LogP contribution in [0.15, 0.2) is 71.9 Å². The van der Waals surface area contributed by atoms with Crippen LogP contribution in [-0.4, -0.2) is 11.7 Å². The largest absolute Gasteiger partial charge is 0.294 e. The fraction of sp³-hybridized carbons (Fsp3) is 0.259. The van der Waals surface area contributed by atoms with Crippen LogP contribution in [0.1, 0.15) is 44.6 Å². The number of fused-ring (bicyclic) bond motifs is 1. The molecule has 1 heterocycles. The first-order chi connectivity index (χ1) is 15.2. The van der Waals surface area contributed by atoms with E-state index in [2.05, 4.69) is 32.0 Å². The number of rotatable bonds is 2. The highest BCUT2D eigenvalue weighted by molar-refractivity contribution is 6.37. The lowest BCUT2D eigenvalue weighted by atomic mass is 9.69. The molecule has 3 aromatic carbocycles. The normalized spacial score (nSPS) is 20.6. The number of ketones is 1. The van der Waals surface area contributed by atoms with E-state index in [4.69, 9.17) is 23.2 Å². The molecule has 5 rings (SSSR count). The van der Waals surface area contributed by atoms with E-state index in [0.717, 1.165) is 27.6 Å². The van der Waals surface area contributed by atoms with Gasteiger partial charge in [-0.2, -0.15) is 0 Å². The minimum atomic E-state index is -0.269. The van der Waals surface area contributed by atoms with Crippen molar-refractivity contribution in [3.63, 3.8) is 0 Å². The van der Waals surface area contributed by atoms with Crippen molar-refractivity contribution in [2.45, 2.75) is 39.0 Å². The first kappa shape index (κ1) is 21.2. The lowest BCUT2D eigenvalue weighted by Gasteiger charge is -2.43. The van der Waals surface area contributed by atoms with Gasteiger partial charge in [0.2, 0.25) is 5.91 Å². The maximum absolute atomic E-state index is 13.6. The van der Waals surface area contributed by atoms with Crippen molar-refractivity contribution in [2.24, 2.45) is 5.41 Å². The predicted molar refractivity (Wildman–Crippen MR) is 130 cm³/mol. The van der Waals surface area contributed by atoms with E-state index in [-0.39, 0.29) is 29.4 Å². The third kappa shape index (κ3) is 3.54. The van der Waals surface area contributed by atoms with Crippen LogP contribution in [0.5, 0.6) is 0 Å². The maximum Gasteiger partial charge on any atom is 0.232 e. The lowest BCUT2D eigenvalue weighted by molar-refractivity contribution is -0.120. The molecular weight excluding hydrogens is 441 g/mol. The number of Topliss-reactive ketones (excluding diaryl/α,β-unsaturated/α-hetero) is 1. The summed E-state index contributed by atoms with van der Waals surface area (Å²) in [5, 5.41) is 3.09. The molecule has 32 heavy (non-hydrogen) atoms. The van der Waals surface area contributed by atoms with E-state index in [0.29, 0.717) is 28.6 Å². The van der Waals surface area contributed by atoms with E-state index < -0.39 is 0 Å². The molecule has 1 unspecified atom stereocenters. The number of nitrogens with zero attached hydrogens (tertiary/aromatic N) is 1. The van der Waals surface area contributed by atoms with Gasteiger partial charge in [0.15, 0.2) is 5.78 Å². The predicted octanol–water partition coefficient (Wildman–Crippen LogP) is 7.31. The van der Waals surface area contributed by atoms with Gasteiger partial charge in [0.1, 0.15) is 0 Å². The second-order valence-corrected chi connectivity index (χ2v) is 10.3. The number of anilines is 1. The van der Waals surface area contributed by atoms with Crippen LogP contribution >= 0.6 is 23.2 Å². The lowest BCUT2D eigenvalue weighted by Crippen LogP contribution is -2.43. The number of hydrogen-bond donors (Lipinski definition) is 0. The molecule has 0 saturated heterocycles. The van der Waals surface area contributed by atoms with E-state index in [9.17, 15) is 9.59 Å². The SMILES string of the molecule is CC1(C)CC(=O)C2=C(C1)N(c1ccc(Cl)cc1Cl)C(=O)CC2c1cccc2ccccc12. The Balaban J connectivity index is 1.75. The van der Waals surface area contributed by atoms with E-state index in [1.807, 2.05) is 24.3 Å². The van der Waals surface area contributed by atoms with Crippen LogP contribution in [0.3, 0.4) is 0 Å². The number of halogens is 2. The monoisotopic (exact) mass is 463 g/mol. The third-order valence-corrected chi connectivity index (χ3v) is 7.03. The molecule has 3 aromatic rings. The zero-order chi connectivity index (χ0) is 22.6. The Morgan fingerprint density at radius 2 is 1.69 bits per heavy atom. The van der Waals surface area contributed by atoms with Gasteiger partial charge in [-0.3, -0.25) is 14.5 Å². The van der Waals surface area contributed by atoms with Crippen molar-refractivity contribution in [3.8, 4) is 0 Å². The number of amides is 1. The van der Waals surface area contributed by atoms with Gasteiger partial charge in [-0.15, -0.1) is 0 Å². The molecule has 3 nitrogen and oxygen atoms in total. The standard InChI is InChI=1S/C27H23Cl2NO2/c1-27(2)14-23-26(24(31)15-27)20(19-9-5-7-16-6-3-4-8-18(16)19)13-25(32)30(23)22-11-10-17(28)12-21(22)29/h3-12,20H,13-15H2,1-2H3. The molecule has 2 aliphatic rings. The maximum atomic E-state index is 13.6. The van der Waals surface area contributed by atoms with Gasteiger partial charge >= 0.3 is 0 Å². The van der Waals surface area contributed by atoms with Gasteiger partial charge in [-0.05, 0) is 46.4 Å². The van der Waals surface area contributed by atoms with Crippen molar-refractivity contribution in [1.29, 1.82) is 0 Å². The molecule has 162 valence electrons. The highest BCUT2D eigenvalue weighted by Gasteiger charge is 2.45. The fourth-order valence-corrected chi connectivity index (χ4v) is 5.67. The van der Waals surface area contributed by atoms with Gasteiger partial charge in [-0.25, -0.2) is 0 Å². The van der Waals surface area contributed by atoms with Gasteiger partial charge < -0.3 is 0 Å². The van der Waals surface area contributed by atoms with Crippen LogP contribution < -0.4 is 4.90 Å². The number of hydrogen-bond acceptors (Lipinski definition) is 2. The van der Waals surface area contributed by atoms with Crippen molar-refractivity contribution < 1.29 is 9.59 Å². The van der Waals surface area contributed by atoms with Crippen LogP contribution in [-0.2, 0) is 9.59 Å². The number of carbonyl (C=O) groups excluding carboxylic acids is 2. The minimum Gasteiger partial charge on any atom is -0.294 e. The second-order valence-electron chi connectivity index (χ2n) is 9.45. The minimum absolute atomic E-state index is 0.0589. The molecular formula is C27H23Cl2NO2. The highest BCUT2D eigenvalue weighted by Crippen LogP contribution is 2.50. The summed E-state index contributed by atoms with van der Waals surface area (Å²) in [4.78, 5) is 28.8. The molecule has 0 fully saturated rings.